The number of thiophene rings is 1. The first kappa shape index (κ1) is 16.0. The maximum absolute atomic E-state index is 12.4. The Labute approximate surface area is 152 Å². The van der Waals surface area contributed by atoms with Crippen molar-refractivity contribution in [3.63, 3.8) is 0 Å². The number of thioether (sulfide) groups is 1. The van der Waals surface area contributed by atoms with Crippen molar-refractivity contribution < 1.29 is 0 Å². The van der Waals surface area contributed by atoms with Crippen LogP contribution in [0.1, 0.15) is 10.7 Å². The van der Waals surface area contributed by atoms with Gasteiger partial charge >= 0.3 is 0 Å². The molecule has 0 bridgehead atoms. The third-order valence-electron chi connectivity index (χ3n) is 3.73. The van der Waals surface area contributed by atoms with Crippen LogP contribution in [0.2, 0.25) is 0 Å². The summed E-state index contributed by atoms with van der Waals surface area (Å²) in [5, 5.41) is 10.6. The van der Waals surface area contributed by atoms with Crippen LogP contribution in [0.15, 0.2) is 58.1 Å². The van der Waals surface area contributed by atoms with Gasteiger partial charge in [-0.1, -0.05) is 30.0 Å². The standard InChI is InChI=1S/C17H15N5OS2/c23-16-13-5-1-2-6-14(13)18-11-22(16)7-9-25-17-19-15(20-21-17)10-12-4-3-8-24-12/h1-6,8,11H,7,9-10H2,(H,19,20,21). The molecule has 0 fully saturated rings. The second kappa shape index (κ2) is 7.20. The Morgan fingerprint density at radius 2 is 2.12 bits per heavy atom. The molecule has 1 aromatic carbocycles. The van der Waals surface area contributed by atoms with Crippen molar-refractivity contribution in [2.45, 2.75) is 18.1 Å². The molecule has 0 saturated heterocycles. The van der Waals surface area contributed by atoms with Gasteiger partial charge in [0, 0.05) is 23.6 Å². The predicted octanol–water partition coefficient (Wildman–Crippen LogP) is 2.96. The van der Waals surface area contributed by atoms with Crippen molar-refractivity contribution in [3.05, 3.63) is 69.2 Å². The summed E-state index contributed by atoms with van der Waals surface area (Å²) in [6, 6.07) is 11.5. The number of nitrogens with one attached hydrogen (secondary N) is 1. The number of aryl methyl sites for hydroxylation is 1. The molecule has 0 unspecified atom stereocenters. The van der Waals surface area contributed by atoms with E-state index in [4.69, 9.17) is 0 Å². The van der Waals surface area contributed by atoms with Gasteiger partial charge in [-0.05, 0) is 23.6 Å². The molecule has 0 aliphatic rings. The molecule has 6 nitrogen and oxygen atoms in total. The van der Waals surface area contributed by atoms with E-state index in [1.165, 1.54) is 16.6 Å². The number of hydrogen-bond donors (Lipinski definition) is 1. The summed E-state index contributed by atoms with van der Waals surface area (Å²) >= 11 is 3.23. The molecular formula is C17H15N5OS2. The van der Waals surface area contributed by atoms with Crippen LogP contribution in [0.3, 0.4) is 0 Å². The average Bonchev–Trinajstić information content (AvgIpc) is 3.30. The number of rotatable bonds is 6. The van der Waals surface area contributed by atoms with Crippen LogP contribution in [0.5, 0.6) is 0 Å². The molecular weight excluding hydrogens is 354 g/mol. The van der Waals surface area contributed by atoms with E-state index in [1.807, 2.05) is 24.3 Å². The molecule has 0 saturated carbocycles. The van der Waals surface area contributed by atoms with Crippen molar-refractivity contribution >= 4 is 34.0 Å². The largest absolute Gasteiger partial charge is 0.298 e. The summed E-state index contributed by atoms with van der Waals surface area (Å²) in [5.41, 5.74) is 0.711. The van der Waals surface area contributed by atoms with Gasteiger partial charge in [-0.3, -0.25) is 14.5 Å². The monoisotopic (exact) mass is 369 g/mol. The number of aromatic nitrogens is 5. The minimum atomic E-state index is -0.0143. The van der Waals surface area contributed by atoms with Gasteiger partial charge in [-0.25, -0.2) is 9.97 Å². The minimum Gasteiger partial charge on any atom is -0.298 e. The molecule has 4 rings (SSSR count). The Hall–Kier alpha value is -2.45. The van der Waals surface area contributed by atoms with Crippen molar-refractivity contribution in [2.24, 2.45) is 0 Å². The van der Waals surface area contributed by atoms with Crippen LogP contribution in [0.25, 0.3) is 10.9 Å². The molecule has 1 N–H and O–H groups in total. The van der Waals surface area contributed by atoms with E-state index >= 15 is 0 Å². The Balaban J connectivity index is 1.39. The zero-order valence-electron chi connectivity index (χ0n) is 13.3. The van der Waals surface area contributed by atoms with Gasteiger partial charge in [0.05, 0.1) is 17.2 Å². The topological polar surface area (TPSA) is 76.5 Å². The molecule has 25 heavy (non-hydrogen) atoms. The summed E-state index contributed by atoms with van der Waals surface area (Å²) in [4.78, 5) is 22.5. The van der Waals surface area contributed by atoms with Crippen LogP contribution >= 0.6 is 23.1 Å². The first-order valence-corrected chi connectivity index (χ1v) is 9.67. The molecule has 0 amide bonds. The number of benzene rings is 1. The van der Waals surface area contributed by atoms with E-state index in [2.05, 4.69) is 31.6 Å². The van der Waals surface area contributed by atoms with E-state index in [0.717, 1.165) is 17.8 Å². The number of hydrogen-bond acceptors (Lipinski definition) is 6. The highest BCUT2D eigenvalue weighted by Crippen LogP contribution is 2.16. The lowest BCUT2D eigenvalue weighted by atomic mass is 10.2. The molecule has 4 aromatic rings. The van der Waals surface area contributed by atoms with E-state index < -0.39 is 0 Å². The third kappa shape index (κ3) is 3.64. The second-order valence-electron chi connectivity index (χ2n) is 5.43. The highest BCUT2D eigenvalue weighted by Gasteiger charge is 2.07. The number of aromatic amines is 1. The van der Waals surface area contributed by atoms with Gasteiger partial charge in [-0.2, -0.15) is 0 Å². The van der Waals surface area contributed by atoms with Crippen LogP contribution in [-0.2, 0) is 13.0 Å². The van der Waals surface area contributed by atoms with Gasteiger partial charge in [0.1, 0.15) is 5.82 Å². The van der Waals surface area contributed by atoms with Gasteiger partial charge < -0.3 is 0 Å². The van der Waals surface area contributed by atoms with Gasteiger partial charge in [0.15, 0.2) is 0 Å². The molecule has 0 spiro atoms. The minimum absolute atomic E-state index is 0.0143. The molecule has 3 heterocycles. The normalized spacial score (nSPS) is 11.2. The average molecular weight is 369 g/mol. The molecule has 0 atom stereocenters. The van der Waals surface area contributed by atoms with E-state index in [0.29, 0.717) is 22.8 Å². The lowest BCUT2D eigenvalue weighted by Crippen LogP contribution is -2.21. The zero-order chi connectivity index (χ0) is 17.1. The summed E-state index contributed by atoms with van der Waals surface area (Å²) in [6.45, 7) is 0.566. The van der Waals surface area contributed by atoms with Gasteiger partial charge in [0.25, 0.3) is 5.56 Å². The van der Waals surface area contributed by atoms with Gasteiger partial charge in [0.2, 0.25) is 5.16 Å². The SMILES string of the molecule is O=c1c2ccccc2ncn1CCSc1n[nH]c(Cc2cccs2)n1. The van der Waals surface area contributed by atoms with Crippen LogP contribution in [-0.4, -0.2) is 30.5 Å². The Kier molecular flexibility index (Phi) is 4.62. The smallest absolute Gasteiger partial charge is 0.261 e. The summed E-state index contributed by atoms with van der Waals surface area (Å²) in [5.74, 6) is 1.56. The van der Waals surface area contributed by atoms with Gasteiger partial charge in [-0.15, -0.1) is 16.4 Å². The highest BCUT2D eigenvalue weighted by molar-refractivity contribution is 7.99. The number of H-pyrrole nitrogens is 1. The maximum Gasteiger partial charge on any atom is 0.261 e. The Morgan fingerprint density at radius 3 is 3.00 bits per heavy atom. The number of nitrogens with zero attached hydrogens (tertiary/aromatic N) is 4. The molecule has 0 radical (unpaired) electrons. The summed E-state index contributed by atoms with van der Waals surface area (Å²) in [6.07, 6.45) is 2.37. The quantitative estimate of drug-likeness (QED) is 0.529. The Morgan fingerprint density at radius 1 is 1.20 bits per heavy atom. The predicted molar refractivity (Wildman–Crippen MR) is 100 cm³/mol. The summed E-state index contributed by atoms with van der Waals surface area (Å²) in [7, 11) is 0. The van der Waals surface area contributed by atoms with E-state index in [9.17, 15) is 4.79 Å². The number of fused-ring (bicyclic) bond motifs is 1. The van der Waals surface area contributed by atoms with E-state index in [1.54, 1.807) is 28.3 Å². The molecule has 0 aliphatic carbocycles. The first-order valence-electron chi connectivity index (χ1n) is 7.80. The fourth-order valence-corrected chi connectivity index (χ4v) is 3.96. The molecule has 3 aromatic heterocycles. The van der Waals surface area contributed by atoms with Crippen molar-refractivity contribution in [3.8, 4) is 0 Å². The summed E-state index contributed by atoms with van der Waals surface area (Å²) < 4.78 is 1.63. The first-order chi connectivity index (χ1) is 12.3. The van der Waals surface area contributed by atoms with Crippen molar-refractivity contribution in [1.29, 1.82) is 0 Å². The highest BCUT2D eigenvalue weighted by atomic mass is 32.2. The third-order valence-corrected chi connectivity index (χ3v) is 5.43. The molecule has 8 heteroatoms. The van der Waals surface area contributed by atoms with E-state index in [-0.39, 0.29) is 5.56 Å². The lowest BCUT2D eigenvalue weighted by Gasteiger charge is -2.05. The fourth-order valence-electron chi connectivity index (χ4n) is 2.50. The van der Waals surface area contributed by atoms with Crippen molar-refractivity contribution in [1.82, 2.24) is 24.7 Å². The molecule has 126 valence electrons. The number of para-hydroxylation sites is 1. The van der Waals surface area contributed by atoms with Crippen LogP contribution < -0.4 is 5.56 Å². The van der Waals surface area contributed by atoms with Crippen LogP contribution in [0, 0.1) is 0 Å². The lowest BCUT2D eigenvalue weighted by molar-refractivity contribution is 0.724. The van der Waals surface area contributed by atoms with Crippen molar-refractivity contribution in [2.75, 3.05) is 5.75 Å². The molecule has 0 aliphatic heterocycles. The second-order valence-corrected chi connectivity index (χ2v) is 7.52. The van der Waals surface area contributed by atoms with Crippen LogP contribution in [0.4, 0.5) is 0 Å². The Bertz CT molecular complexity index is 1040. The zero-order valence-corrected chi connectivity index (χ0v) is 14.9. The maximum atomic E-state index is 12.4. The fraction of sp³-hybridized carbons (Fsp3) is 0.176.